The van der Waals surface area contributed by atoms with Gasteiger partial charge in [-0.3, -0.25) is 4.79 Å². The fraction of sp³-hybridized carbons (Fsp3) is 0.286. The van der Waals surface area contributed by atoms with Crippen molar-refractivity contribution in [3.05, 3.63) is 59.7 Å². The van der Waals surface area contributed by atoms with Gasteiger partial charge in [0.15, 0.2) is 13.2 Å². The van der Waals surface area contributed by atoms with Crippen LogP contribution >= 0.6 is 0 Å². The highest BCUT2D eigenvalue weighted by Gasteiger charge is 2.13. The molecule has 0 radical (unpaired) electrons. The number of hydrogen-bond acceptors (Lipinski definition) is 5. The summed E-state index contributed by atoms with van der Waals surface area (Å²) in [6.45, 7) is 3.38. The molecule has 0 fully saturated rings. The second-order valence-corrected chi connectivity index (χ2v) is 6.00. The molecular weight excluding hydrogens is 344 g/mol. The van der Waals surface area contributed by atoms with E-state index in [0.29, 0.717) is 22.9 Å². The highest BCUT2D eigenvalue weighted by molar-refractivity contribution is 5.93. The third-order valence-corrected chi connectivity index (χ3v) is 4.10. The number of esters is 1. The van der Waals surface area contributed by atoms with Crippen molar-refractivity contribution in [2.45, 2.75) is 26.2 Å². The normalized spacial score (nSPS) is 11.1. The first-order valence-electron chi connectivity index (χ1n) is 8.71. The third kappa shape index (κ3) is 5.86. The van der Waals surface area contributed by atoms with Crippen molar-refractivity contribution >= 4 is 17.6 Å². The van der Waals surface area contributed by atoms with Crippen LogP contribution in [0.15, 0.2) is 48.5 Å². The van der Waals surface area contributed by atoms with Gasteiger partial charge in [-0.1, -0.05) is 44.2 Å². The molecule has 0 spiro atoms. The molecule has 0 unspecified atom stereocenters. The Hall–Kier alpha value is -3.33. The number of rotatable bonds is 8. The molecule has 27 heavy (non-hydrogen) atoms. The third-order valence-electron chi connectivity index (χ3n) is 4.10. The van der Waals surface area contributed by atoms with Crippen LogP contribution in [0.1, 0.15) is 37.3 Å². The Bertz CT molecular complexity index is 842. The van der Waals surface area contributed by atoms with Gasteiger partial charge in [-0.15, -0.1) is 0 Å². The van der Waals surface area contributed by atoms with Gasteiger partial charge in [0, 0.05) is 5.69 Å². The molecule has 0 bridgehead atoms. The van der Waals surface area contributed by atoms with Crippen LogP contribution in [0.4, 0.5) is 5.69 Å². The Morgan fingerprint density at radius 2 is 1.81 bits per heavy atom. The molecule has 1 N–H and O–H groups in total. The van der Waals surface area contributed by atoms with E-state index in [4.69, 9.17) is 14.7 Å². The van der Waals surface area contributed by atoms with Gasteiger partial charge in [-0.25, -0.2) is 4.79 Å². The SMILES string of the molecule is CC[C@@H](C)c1ccccc1NC(=O)COC(=O)COc1ccccc1C#N. The van der Waals surface area contributed by atoms with Crippen molar-refractivity contribution in [1.29, 1.82) is 5.26 Å². The van der Waals surface area contributed by atoms with Crippen LogP contribution in [-0.4, -0.2) is 25.1 Å². The van der Waals surface area contributed by atoms with Gasteiger partial charge in [0.05, 0.1) is 5.56 Å². The number of amides is 1. The maximum atomic E-state index is 12.1. The molecule has 1 amide bonds. The zero-order chi connectivity index (χ0) is 19.6. The molecular formula is C21H22N2O4. The summed E-state index contributed by atoms with van der Waals surface area (Å²) < 4.78 is 10.2. The lowest BCUT2D eigenvalue weighted by atomic mass is 9.97. The molecule has 0 saturated carbocycles. The van der Waals surface area contributed by atoms with Crippen molar-refractivity contribution in [3.63, 3.8) is 0 Å². The lowest BCUT2D eigenvalue weighted by Gasteiger charge is -2.15. The molecule has 1 atom stereocenters. The minimum atomic E-state index is -0.687. The van der Waals surface area contributed by atoms with Crippen molar-refractivity contribution in [1.82, 2.24) is 0 Å². The number of carbonyl (C=O) groups is 2. The predicted molar refractivity (Wildman–Crippen MR) is 101 cm³/mol. The highest BCUT2D eigenvalue weighted by Crippen LogP contribution is 2.26. The topological polar surface area (TPSA) is 88.4 Å². The molecule has 2 aromatic rings. The zero-order valence-electron chi connectivity index (χ0n) is 15.4. The summed E-state index contributed by atoms with van der Waals surface area (Å²) in [5, 5.41) is 11.8. The Labute approximate surface area is 158 Å². The fourth-order valence-corrected chi connectivity index (χ4v) is 2.46. The summed E-state index contributed by atoms with van der Waals surface area (Å²) in [7, 11) is 0. The number of benzene rings is 2. The van der Waals surface area contributed by atoms with E-state index in [1.807, 2.05) is 30.3 Å². The number of nitrogens with one attached hydrogen (secondary N) is 1. The number of para-hydroxylation sites is 2. The van der Waals surface area contributed by atoms with E-state index in [2.05, 4.69) is 19.2 Å². The zero-order valence-corrected chi connectivity index (χ0v) is 15.4. The smallest absolute Gasteiger partial charge is 0.344 e. The van der Waals surface area contributed by atoms with Crippen LogP contribution in [-0.2, 0) is 14.3 Å². The Morgan fingerprint density at radius 3 is 2.56 bits per heavy atom. The molecule has 2 rings (SSSR count). The van der Waals surface area contributed by atoms with E-state index in [1.165, 1.54) is 0 Å². The largest absolute Gasteiger partial charge is 0.481 e. The number of anilines is 1. The van der Waals surface area contributed by atoms with E-state index in [-0.39, 0.29) is 6.61 Å². The molecule has 0 aliphatic rings. The van der Waals surface area contributed by atoms with Crippen LogP contribution in [0.5, 0.6) is 5.75 Å². The van der Waals surface area contributed by atoms with E-state index in [1.54, 1.807) is 24.3 Å². The molecule has 6 nitrogen and oxygen atoms in total. The second-order valence-electron chi connectivity index (χ2n) is 6.00. The molecule has 0 aliphatic carbocycles. The molecule has 0 heterocycles. The van der Waals surface area contributed by atoms with Crippen LogP contribution in [0.25, 0.3) is 0 Å². The van der Waals surface area contributed by atoms with Gasteiger partial charge in [-0.2, -0.15) is 5.26 Å². The van der Waals surface area contributed by atoms with Crippen LogP contribution in [0.2, 0.25) is 0 Å². The Morgan fingerprint density at radius 1 is 1.11 bits per heavy atom. The minimum Gasteiger partial charge on any atom is -0.481 e. The molecule has 0 saturated heterocycles. The van der Waals surface area contributed by atoms with Crippen LogP contribution in [0.3, 0.4) is 0 Å². The quantitative estimate of drug-likeness (QED) is 0.721. The lowest BCUT2D eigenvalue weighted by molar-refractivity contribution is -0.149. The highest BCUT2D eigenvalue weighted by atomic mass is 16.6. The van der Waals surface area contributed by atoms with Gasteiger partial charge < -0.3 is 14.8 Å². The van der Waals surface area contributed by atoms with Gasteiger partial charge in [-0.05, 0) is 36.1 Å². The molecule has 0 aliphatic heterocycles. The van der Waals surface area contributed by atoms with E-state index >= 15 is 0 Å². The predicted octanol–water partition coefficient (Wildman–Crippen LogP) is 3.63. The van der Waals surface area contributed by atoms with Gasteiger partial charge in [0.25, 0.3) is 5.91 Å². The standard InChI is InChI=1S/C21H22N2O4/c1-3-15(2)17-9-5-6-10-18(17)23-20(24)13-27-21(25)14-26-19-11-7-4-8-16(19)12-22/h4-11,15H,3,13-14H2,1-2H3,(H,23,24)/t15-/m1/s1. The number of carbonyl (C=O) groups excluding carboxylic acids is 2. The van der Waals surface area contributed by atoms with Gasteiger partial charge in [0.1, 0.15) is 11.8 Å². The number of hydrogen-bond donors (Lipinski definition) is 1. The Kier molecular flexibility index (Phi) is 7.38. The van der Waals surface area contributed by atoms with Crippen molar-refractivity contribution in [3.8, 4) is 11.8 Å². The van der Waals surface area contributed by atoms with E-state index < -0.39 is 18.5 Å². The van der Waals surface area contributed by atoms with E-state index in [0.717, 1.165) is 12.0 Å². The summed E-state index contributed by atoms with van der Waals surface area (Å²) >= 11 is 0. The van der Waals surface area contributed by atoms with Crippen LogP contribution in [0, 0.1) is 11.3 Å². The number of nitrogens with zero attached hydrogens (tertiary/aromatic N) is 1. The maximum absolute atomic E-state index is 12.1. The van der Waals surface area contributed by atoms with Crippen molar-refractivity contribution in [2.24, 2.45) is 0 Å². The van der Waals surface area contributed by atoms with Crippen LogP contribution < -0.4 is 10.1 Å². The minimum absolute atomic E-state index is 0.295. The summed E-state index contributed by atoms with van der Waals surface area (Å²) in [5.74, 6) is -0.508. The van der Waals surface area contributed by atoms with Crippen molar-refractivity contribution in [2.75, 3.05) is 18.5 Å². The summed E-state index contributed by atoms with van der Waals surface area (Å²) in [4.78, 5) is 23.9. The number of ether oxygens (including phenoxy) is 2. The first-order chi connectivity index (χ1) is 13.0. The maximum Gasteiger partial charge on any atom is 0.344 e. The monoisotopic (exact) mass is 366 g/mol. The molecule has 0 aromatic heterocycles. The summed E-state index contributed by atoms with van der Waals surface area (Å²) in [6, 6.07) is 16.1. The lowest BCUT2D eigenvalue weighted by Crippen LogP contribution is -2.24. The summed E-state index contributed by atoms with van der Waals surface area (Å²) in [5.41, 5.74) is 2.08. The molecule has 6 heteroatoms. The summed E-state index contributed by atoms with van der Waals surface area (Å²) in [6.07, 6.45) is 0.948. The van der Waals surface area contributed by atoms with Gasteiger partial charge in [0.2, 0.25) is 0 Å². The van der Waals surface area contributed by atoms with Crippen molar-refractivity contribution < 1.29 is 19.1 Å². The molecule has 140 valence electrons. The first kappa shape index (κ1) is 20.0. The first-order valence-corrected chi connectivity index (χ1v) is 8.71. The van der Waals surface area contributed by atoms with E-state index in [9.17, 15) is 9.59 Å². The second kappa shape index (κ2) is 9.97. The average molecular weight is 366 g/mol. The fourth-order valence-electron chi connectivity index (χ4n) is 2.46. The average Bonchev–Trinajstić information content (AvgIpc) is 2.70. The van der Waals surface area contributed by atoms with Gasteiger partial charge >= 0.3 is 5.97 Å². The molecule has 2 aromatic carbocycles. The number of nitriles is 1. The Balaban J connectivity index is 1.84.